The molecule has 0 unspecified atom stereocenters. The summed E-state index contributed by atoms with van der Waals surface area (Å²) in [6.45, 7) is 3.75. The van der Waals surface area contributed by atoms with Gasteiger partial charge in [-0.1, -0.05) is 0 Å². The Morgan fingerprint density at radius 2 is 1.83 bits per heavy atom. The third kappa shape index (κ3) is 3.43. The monoisotopic (exact) mass is 256 g/mol. The summed E-state index contributed by atoms with van der Waals surface area (Å²) < 4.78 is 10.4. The van der Waals surface area contributed by atoms with Gasteiger partial charge in [-0.15, -0.1) is 0 Å². The van der Waals surface area contributed by atoms with Crippen molar-refractivity contribution >= 4 is 5.91 Å². The maximum absolute atomic E-state index is 12.3. The fraction of sp³-hybridized carbons (Fsp3) is 0.923. The fourth-order valence-electron chi connectivity index (χ4n) is 2.95. The molecule has 0 aromatic heterocycles. The van der Waals surface area contributed by atoms with E-state index >= 15 is 0 Å². The molecule has 2 aliphatic heterocycles. The summed E-state index contributed by atoms with van der Waals surface area (Å²) in [5.41, 5.74) is 0. The highest BCUT2D eigenvalue weighted by Crippen LogP contribution is 2.22. The largest absolute Gasteiger partial charge is 0.381 e. The molecular formula is C13H24N2O3. The molecule has 2 aliphatic rings. The fourth-order valence-corrected chi connectivity index (χ4v) is 2.95. The minimum atomic E-state index is 0.135. The summed E-state index contributed by atoms with van der Waals surface area (Å²) in [5, 5.41) is 3.35. The topological polar surface area (TPSA) is 50.8 Å². The van der Waals surface area contributed by atoms with Crippen LogP contribution in [0.1, 0.15) is 25.7 Å². The Morgan fingerprint density at radius 3 is 2.44 bits per heavy atom. The average Bonchev–Trinajstić information content (AvgIpc) is 2.42. The van der Waals surface area contributed by atoms with Crippen LogP contribution >= 0.6 is 0 Å². The van der Waals surface area contributed by atoms with E-state index in [0.717, 1.165) is 52.0 Å². The standard InChI is InChI=1S/C13H24N2O3/c1-17-10-13(16)15(11-2-6-14-7-3-11)12-4-8-18-9-5-12/h11-12,14H,2-10H2,1H3. The van der Waals surface area contributed by atoms with Crippen LogP contribution in [-0.2, 0) is 14.3 Å². The molecule has 2 rings (SSSR count). The number of hydrogen-bond donors (Lipinski definition) is 1. The molecule has 104 valence electrons. The van der Waals surface area contributed by atoms with Gasteiger partial charge in [-0.2, -0.15) is 0 Å². The van der Waals surface area contributed by atoms with Gasteiger partial charge in [-0.25, -0.2) is 0 Å². The van der Waals surface area contributed by atoms with Gasteiger partial charge in [0.25, 0.3) is 0 Å². The van der Waals surface area contributed by atoms with E-state index in [4.69, 9.17) is 9.47 Å². The normalized spacial score (nSPS) is 22.9. The highest BCUT2D eigenvalue weighted by Gasteiger charge is 2.32. The number of methoxy groups -OCH3 is 1. The van der Waals surface area contributed by atoms with Gasteiger partial charge in [0.05, 0.1) is 0 Å². The predicted octanol–water partition coefficient (Wildman–Crippen LogP) is 0.392. The Hall–Kier alpha value is -0.650. The van der Waals surface area contributed by atoms with Crippen LogP contribution in [0.3, 0.4) is 0 Å². The van der Waals surface area contributed by atoms with Gasteiger partial charge < -0.3 is 19.7 Å². The molecular weight excluding hydrogens is 232 g/mol. The molecule has 1 amide bonds. The van der Waals surface area contributed by atoms with Crippen molar-refractivity contribution < 1.29 is 14.3 Å². The summed E-state index contributed by atoms with van der Waals surface area (Å²) in [6, 6.07) is 0.710. The first-order valence-corrected chi connectivity index (χ1v) is 6.91. The van der Waals surface area contributed by atoms with E-state index in [1.807, 2.05) is 0 Å². The number of carbonyl (C=O) groups is 1. The van der Waals surface area contributed by atoms with Crippen molar-refractivity contribution in [3.63, 3.8) is 0 Å². The van der Waals surface area contributed by atoms with E-state index in [-0.39, 0.29) is 12.5 Å². The number of rotatable bonds is 4. The Balaban J connectivity index is 2.02. The van der Waals surface area contributed by atoms with Crippen LogP contribution in [0.25, 0.3) is 0 Å². The molecule has 0 spiro atoms. The van der Waals surface area contributed by atoms with Crippen LogP contribution in [0.15, 0.2) is 0 Å². The third-order valence-electron chi connectivity index (χ3n) is 3.84. The molecule has 1 N–H and O–H groups in total. The molecule has 0 radical (unpaired) electrons. The first-order valence-electron chi connectivity index (χ1n) is 6.91. The summed E-state index contributed by atoms with van der Waals surface area (Å²) in [7, 11) is 1.59. The predicted molar refractivity (Wildman–Crippen MR) is 68.5 cm³/mol. The number of amides is 1. The molecule has 18 heavy (non-hydrogen) atoms. The van der Waals surface area contributed by atoms with Crippen molar-refractivity contribution in [3.8, 4) is 0 Å². The maximum Gasteiger partial charge on any atom is 0.249 e. The maximum atomic E-state index is 12.3. The molecule has 5 nitrogen and oxygen atoms in total. The Kier molecular flexibility index (Phi) is 5.41. The van der Waals surface area contributed by atoms with Crippen LogP contribution in [0.5, 0.6) is 0 Å². The van der Waals surface area contributed by atoms with E-state index in [0.29, 0.717) is 12.1 Å². The summed E-state index contributed by atoms with van der Waals surface area (Å²) >= 11 is 0. The second kappa shape index (κ2) is 7.07. The second-order valence-electron chi connectivity index (χ2n) is 5.06. The number of nitrogens with one attached hydrogen (secondary N) is 1. The summed E-state index contributed by atoms with van der Waals surface area (Å²) in [4.78, 5) is 14.4. The highest BCUT2D eigenvalue weighted by atomic mass is 16.5. The van der Waals surface area contributed by atoms with Crippen molar-refractivity contribution in [2.75, 3.05) is 40.0 Å². The van der Waals surface area contributed by atoms with Crippen molar-refractivity contribution in [1.82, 2.24) is 10.2 Å². The first-order chi connectivity index (χ1) is 8.83. The Bertz CT molecular complexity index is 243. The van der Waals surface area contributed by atoms with E-state index in [1.165, 1.54) is 0 Å². The SMILES string of the molecule is COCC(=O)N(C1CCNCC1)C1CCOCC1. The smallest absolute Gasteiger partial charge is 0.249 e. The number of nitrogens with zero attached hydrogens (tertiary/aromatic N) is 1. The molecule has 2 heterocycles. The Labute approximate surface area is 109 Å². The van der Waals surface area contributed by atoms with Crippen LogP contribution in [0.4, 0.5) is 0 Å². The molecule has 0 atom stereocenters. The molecule has 0 aromatic rings. The molecule has 2 saturated heterocycles. The number of hydrogen-bond acceptors (Lipinski definition) is 4. The molecule has 2 fully saturated rings. The minimum absolute atomic E-state index is 0.135. The van der Waals surface area contributed by atoms with Gasteiger partial charge in [-0.05, 0) is 38.8 Å². The van der Waals surface area contributed by atoms with Gasteiger partial charge in [0.1, 0.15) is 6.61 Å². The van der Waals surface area contributed by atoms with Gasteiger partial charge in [0.2, 0.25) is 5.91 Å². The van der Waals surface area contributed by atoms with Crippen LogP contribution < -0.4 is 5.32 Å². The first kappa shape index (κ1) is 13.8. The minimum Gasteiger partial charge on any atom is -0.381 e. The van der Waals surface area contributed by atoms with E-state index in [2.05, 4.69) is 10.2 Å². The quantitative estimate of drug-likeness (QED) is 0.790. The Morgan fingerprint density at radius 1 is 1.22 bits per heavy atom. The number of ether oxygens (including phenoxy) is 2. The zero-order valence-corrected chi connectivity index (χ0v) is 11.2. The lowest BCUT2D eigenvalue weighted by atomic mass is 9.98. The van der Waals surface area contributed by atoms with E-state index < -0.39 is 0 Å². The average molecular weight is 256 g/mol. The van der Waals surface area contributed by atoms with Gasteiger partial charge in [0, 0.05) is 32.4 Å². The van der Waals surface area contributed by atoms with Gasteiger partial charge >= 0.3 is 0 Å². The van der Waals surface area contributed by atoms with Crippen molar-refractivity contribution in [1.29, 1.82) is 0 Å². The van der Waals surface area contributed by atoms with Gasteiger partial charge in [0.15, 0.2) is 0 Å². The third-order valence-corrected chi connectivity index (χ3v) is 3.84. The zero-order chi connectivity index (χ0) is 12.8. The second-order valence-corrected chi connectivity index (χ2v) is 5.06. The zero-order valence-electron chi connectivity index (χ0n) is 11.2. The van der Waals surface area contributed by atoms with Crippen LogP contribution in [0.2, 0.25) is 0 Å². The lowest BCUT2D eigenvalue weighted by Crippen LogP contribution is -2.53. The molecule has 0 saturated carbocycles. The van der Waals surface area contributed by atoms with Gasteiger partial charge in [-0.3, -0.25) is 4.79 Å². The van der Waals surface area contributed by atoms with E-state index in [1.54, 1.807) is 7.11 Å². The summed E-state index contributed by atoms with van der Waals surface area (Å²) in [5.74, 6) is 0.135. The molecule has 0 aromatic carbocycles. The number of carbonyl (C=O) groups excluding carboxylic acids is 1. The lowest BCUT2D eigenvalue weighted by Gasteiger charge is -2.41. The van der Waals surface area contributed by atoms with E-state index in [9.17, 15) is 4.79 Å². The summed E-state index contributed by atoms with van der Waals surface area (Å²) in [6.07, 6.45) is 4.01. The number of piperidine rings is 1. The van der Waals surface area contributed by atoms with Crippen LogP contribution in [-0.4, -0.2) is 62.9 Å². The van der Waals surface area contributed by atoms with Crippen LogP contribution in [0, 0.1) is 0 Å². The molecule has 0 bridgehead atoms. The highest BCUT2D eigenvalue weighted by molar-refractivity contribution is 5.78. The van der Waals surface area contributed by atoms with Crippen molar-refractivity contribution in [2.45, 2.75) is 37.8 Å². The van der Waals surface area contributed by atoms with Crippen molar-refractivity contribution in [2.24, 2.45) is 0 Å². The molecule has 5 heteroatoms. The van der Waals surface area contributed by atoms with Crippen molar-refractivity contribution in [3.05, 3.63) is 0 Å². The molecule has 0 aliphatic carbocycles. The lowest BCUT2D eigenvalue weighted by molar-refractivity contribution is -0.143.